The number of pyridine rings is 1. The first-order chi connectivity index (χ1) is 17.7. The van der Waals surface area contributed by atoms with Crippen molar-refractivity contribution in [2.75, 3.05) is 7.11 Å². The number of likely N-dealkylation sites (tertiary alicyclic amines) is 1. The second-order valence-corrected chi connectivity index (χ2v) is 10.2. The van der Waals surface area contributed by atoms with Gasteiger partial charge < -0.3 is 19.7 Å². The van der Waals surface area contributed by atoms with Crippen molar-refractivity contribution < 1.29 is 19.4 Å². The highest BCUT2D eigenvalue weighted by atomic mass is 16.5. The number of nitrogens with zero attached hydrogens (tertiary/aromatic N) is 2. The number of hydrogen-bond acceptors (Lipinski definition) is 5. The van der Waals surface area contributed by atoms with Gasteiger partial charge in [-0.25, -0.2) is 0 Å². The van der Waals surface area contributed by atoms with Crippen LogP contribution in [0.3, 0.4) is 0 Å². The molecule has 3 heterocycles. The van der Waals surface area contributed by atoms with Crippen LogP contribution in [0.2, 0.25) is 0 Å². The molecule has 1 atom stereocenters. The third-order valence-electron chi connectivity index (χ3n) is 6.85. The largest absolute Gasteiger partial charge is 0.507 e. The second-order valence-electron chi connectivity index (χ2n) is 10.2. The number of aromatic amines is 1. The van der Waals surface area contributed by atoms with Crippen molar-refractivity contribution in [1.29, 1.82) is 0 Å². The maximum atomic E-state index is 13.6. The van der Waals surface area contributed by atoms with Crippen LogP contribution in [0.1, 0.15) is 49.1 Å². The fourth-order valence-corrected chi connectivity index (χ4v) is 4.88. The van der Waals surface area contributed by atoms with Gasteiger partial charge in [-0.3, -0.25) is 14.6 Å². The predicted octanol–water partition coefficient (Wildman–Crippen LogP) is 5.49. The zero-order chi connectivity index (χ0) is 26.3. The van der Waals surface area contributed by atoms with Crippen molar-refractivity contribution in [3.8, 4) is 5.75 Å². The molecule has 188 valence electrons. The van der Waals surface area contributed by atoms with Crippen LogP contribution in [0.4, 0.5) is 0 Å². The molecule has 4 aromatic rings. The maximum Gasteiger partial charge on any atom is 0.295 e. The zero-order valence-electron chi connectivity index (χ0n) is 21.3. The highest BCUT2D eigenvalue weighted by molar-refractivity contribution is 6.46. The van der Waals surface area contributed by atoms with Gasteiger partial charge in [0.05, 0.1) is 24.3 Å². The number of aromatic nitrogens is 2. The van der Waals surface area contributed by atoms with Gasteiger partial charge in [0.15, 0.2) is 0 Å². The molecule has 0 radical (unpaired) electrons. The number of aliphatic hydroxyl groups excluding tert-OH is 1. The number of methoxy groups -OCH3 is 1. The molecule has 1 saturated heterocycles. The fraction of sp³-hybridized carbons (Fsp3) is 0.233. The highest BCUT2D eigenvalue weighted by Crippen LogP contribution is 2.44. The zero-order valence-corrected chi connectivity index (χ0v) is 21.3. The number of rotatable bonds is 5. The number of fused-ring (bicyclic) bond motifs is 1. The summed E-state index contributed by atoms with van der Waals surface area (Å²) in [6.07, 6.45) is 5.12. The van der Waals surface area contributed by atoms with Gasteiger partial charge in [0, 0.05) is 41.6 Å². The normalized spacial score (nSPS) is 17.5. The van der Waals surface area contributed by atoms with Gasteiger partial charge in [-0.15, -0.1) is 0 Å². The highest BCUT2D eigenvalue weighted by Gasteiger charge is 2.47. The van der Waals surface area contributed by atoms with Crippen molar-refractivity contribution in [3.05, 3.63) is 101 Å². The number of H-pyrrole nitrogens is 1. The van der Waals surface area contributed by atoms with E-state index in [1.165, 1.54) is 12.0 Å². The van der Waals surface area contributed by atoms with Gasteiger partial charge in [-0.1, -0.05) is 51.1 Å². The Kier molecular flexibility index (Phi) is 6.07. The lowest BCUT2D eigenvalue weighted by atomic mass is 9.85. The van der Waals surface area contributed by atoms with Crippen LogP contribution in [0.5, 0.6) is 5.75 Å². The molecule has 0 aliphatic carbocycles. The Balaban J connectivity index is 1.75. The van der Waals surface area contributed by atoms with Crippen LogP contribution in [0, 0.1) is 0 Å². The molecule has 0 bridgehead atoms. The van der Waals surface area contributed by atoms with E-state index in [0.29, 0.717) is 11.3 Å². The molecule has 7 nitrogen and oxygen atoms in total. The summed E-state index contributed by atoms with van der Waals surface area (Å²) in [7, 11) is 1.51. The number of para-hydroxylation sites is 1. The number of nitrogens with one attached hydrogen (secondary N) is 1. The number of benzene rings is 2. The molecule has 5 rings (SSSR count). The number of ether oxygens (including phenoxy) is 1. The average molecular weight is 496 g/mol. The van der Waals surface area contributed by atoms with Gasteiger partial charge >= 0.3 is 0 Å². The number of ketones is 1. The lowest BCUT2D eigenvalue weighted by molar-refractivity contribution is -0.140. The van der Waals surface area contributed by atoms with Crippen LogP contribution in [0.15, 0.2) is 78.8 Å². The van der Waals surface area contributed by atoms with Crippen molar-refractivity contribution in [1.82, 2.24) is 14.9 Å². The molecule has 2 aromatic carbocycles. The molecular formula is C30H29N3O4. The Morgan fingerprint density at radius 3 is 2.59 bits per heavy atom. The topological polar surface area (TPSA) is 95.5 Å². The number of carbonyl (C=O) groups excluding carboxylic acids is 2. The van der Waals surface area contributed by atoms with Crippen LogP contribution in [0.25, 0.3) is 16.7 Å². The van der Waals surface area contributed by atoms with Gasteiger partial charge in [0.1, 0.15) is 11.5 Å². The third-order valence-corrected chi connectivity index (χ3v) is 6.85. The van der Waals surface area contributed by atoms with E-state index in [9.17, 15) is 14.7 Å². The van der Waals surface area contributed by atoms with E-state index in [1.807, 2.05) is 42.5 Å². The average Bonchev–Trinajstić information content (AvgIpc) is 3.42. The van der Waals surface area contributed by atoms with Crippen LogP contribution < -0.4 is 4.74 Å². The molecule has 1 fully saturated rings. The van der Waals surface area contributed by atoms with Crippen molar-refractivity contribution in [2.45, 2.75) is 38.8 Å². The predicted molar refractivity (Wildman–Crippen MR) is 142 cm³/mol. The molecule has 1 unspecified atom stereocenters. The Labute approximate surface area is 215 Å². The Morgan fingerprint density at radius 2 is 1.89 bits per heavy atom. The van der Waals surface area contributed by atoms with Crippen LogP contribution in [-0.2, 0) is 21.5 Å². The standard InChI is InChI=1S/C30H29N3O4/c1-30(2,3)19-11-12-24(37-4)21(14-19)27(34)25-26(22-16-32-23-10-6-5-9-20(22)23)33(29(36)28(25)35)17-18-8-7-13-31-15-18/h5-16,26,32,34H,17H2,1-4H3/b27-25+. The van der Waals surface area contributed by atoms with E-state index in [2.05, 4.69) is 30.7 Å². The minimum atomic E-state index is -0.806. The van der Waals surface area contributed by atoms with E-state index in [0.717, 1.165) is 27.6 Å². The summed E-state index contributed by atoms with van der Waals surface area (Å²) >= 11 is 0. The van der Waals surface area contributed by atoms with Crippen LogP contribution >= 0.6 is 0 Å². The minimum absolute atomic E-state index is 0.0306. The Morgan fingerprint density at radius 1 is 1.11 bits per heavy atom. The molecule has 1 aliphatic heterocycles. The fourth-order valence-electron chi connectivity index (χ4n) is 4.88. The third kappa shape index (κ3) is 4.27. The first-order valence-corrected chi connectivity index (χ1v) is 12.1. The van der Waals surface area contributed by atoms with Crippen molar-refractivity contribution in [2.24, 2.45) is 0 Å². The summed E-state index contributed by atoms with van der Waals surface area (Å²) in [6.45, 7) is 6.37. The van der Waals surface area contributed by atoms with Gasteiger partial charge in [-0.05, 0) is 40.8 Å². The quantitative estimate of drug-likeness (QED) is 0.217. The lowest BCUT2D eigenvalue weighted by Crippen LogP contribution is -2.29. The number of aliphatic hydroxyl groups is 1. The lowest BCUT2D eigenvalue weighted by Gasteiger charge is -2.25. The first kappa shape index (κ1) is 24.3. The number of Topliss-reactive ketones (excluding diaryl/α,β-unsaturated/α-hetero) is 1. The van der Waals surface area contributed by atoms with E-state index in [4.69, 9.17) is 4.74 Å². The molecule has 1 aliphatic rings. The summed E-state index contributed by atoms with van der Waals surface area (Å²) in [4.78, 5) is 35.9. The second kappa shape index (κ2) is 9.24. The number of carbonyl (C=O) groups is 2. The van der Waals surface area contributed by atoms with E-state index >= 15 is 0 Å². The number of amides is 1. The molecule has 0 spiro atoms. The summed E-state index contributed by atoms with van der Waals surface area (Å²) in [5, 5.41) is 12.6. The van der Waals surface area contributed by atoms with E-state index in [1.54, 1.807) is 30.7 Å². The number of hydrogen-bond donors (Lipinski definition) is 2. The Bertz CT molecular complexity index is 1530. The van der Waals surface area contributed by atoms with Gasteiger partial charge in [0.25, 0.3) is 11.7 Å². The smallest absolute Gasteiger partial charge is 0.295 e. The molecule has 7 heteroatoms. The van der Waals surface area contributed by atoms with Crippen molar-refractivity contribution >= 4 is 28.4 Å². The van der Waals surface area contributed by atoms with E-state index < -0.39 is 17.7 Å². The molecule has 2 aromatic heterocycles. The first-order valence-electron chi connectivity index (χ1n) is 12.1. The summed E-state index contributed by atoms with van der Waals surface area (Å²) in [5.74, 6) is -1.25. The summed E-state index contributed by atoms with van der Waals surface area (Å²) in [5.41, 5.74) is 3.54. The Hall–Kier alpha value is -4.39. The molecule has 37 heavy (non-hydrogen) atoms. The molecular weight excluding hydrogens is 466 g/mol. The van der Waals surface area contributed by atoms with Crippen molar-refractivity contribution in [3.63, 3.8) is 0 Å². The van der Waals surface area contributed by atoms with Gasteiger partial charge in [0.2, 0.25) is 0 Å². The SMILES string of the molecule is COc1ccc(C(C)(C)C)cc1/C(O)=C1\C(=O)C(=O)N(Cc2cccnc2)C1c1c[nH]c2ccccc12. The molecule has 2 N–H and O–H groups in total. The van der Waals surface area contributed by atoms with Gasteiger partial charge in [-0.2, -0.15) is 0 Å². The summed E-state index contributed by atoms with van der Waals surface area (Å²) < 4.78 is 5.56. The molecule has 0 saturated carbocycles. The van der Waals surface area contributed by atoms with E-state index in [-0.39, 0.29) is 23.3 Å². The van der Waals surface area contributed by atoms with Crippen LogP contribution in [-0.4, -0.2) is 38.8 Å². The monoisotopic (exact) mass is 495 g/mol. The minimum Gasteiger partial charge on any atom is -0.507 e. The summed E-state index contributed by atoms with van der Waals surface area (Å²) in [6, 6.07) is 16.1. The molecule has 1 amide bonds. The maximum absolute atomic E-state index is 13.6.